The number of rotatable bonds is 7. The third-order valence-electron chi connectivity index (χ3n) is 4.64. The summed E-state index contributed by atoms with van der Waals surface area (Å²) in [5.41, 5.74) is 3.32. The summed E-state index contributed by atoms with van der Waals surface area (Å²) >= 11 is 0. The number of carbonyl (C=O) groups is 1. The van der Waals surface area contributed by atoms with Gasteiger partial charge in [-0.3, -0.25) is 4.79 Å². The van der Waals surface area contributed by atoms with E-state index in [2.05, 4.69) is 46.2 Å². The second-order valence-corrected chi connectivity index (χ2v) is 7.36. The third kappa shape index (κ3) is 5.31. The zero-order valence-electron chi connectivity index (χ0n) is 17.3. The van der Waals surface area contributed by atoms with Crippen LogP contribution >= 0.6 is 0 Å². The normalized spacial score (nSPS) is 10.7. The summed E-state index contributed by atoms with van der Waals surface area (Å²) < 4.78 is 0. The van der Waals surface area contributed by atoms with Crippen molar-refractivity contribution in [3.63, 3.8) is 0 Å². The van der Waals surface area contributed by atoms with E-state index in [1.807, 2.05) is 61.5 Å². The smallest absolute Gasteiger partial charge is 0.274 e. The van der Waals surface area contributed by atoms with Crippen molar-refractivity contribution in [3.05, 3.63) is 78.2 Å². The van der Waals surface area contributed by atoms with Gasteiger partial charge in [-0.05, 0) is 43.7 Å². The molecule has 0 atom stereocenters. The first-order chi connectivity index (χ1) is 13.9. The summed E-state index contributed by atoms with van der Waals surface area (Å²) in [6.07, 6.45) is 1.44. The molecule has 1 heterocycles. The van der Waals surface area contributed by atoms with Crippen LogP contribution < -0.4 is 15.1 Å². The number of carbonyl (C=O) groups excluding carboxylic acids is 1. The molecule has 1 aromatic heterocycles. The average molecular weight is 390 g/mol. The second-order valence-electron chi connectivity index (χ2n) is 7.36. The van der Waals surface area contributed by atoms with Crippen LogP contribution in [-0.4, -0.2) is 36.0 Å². The highest BCUT2D eigenvalue weighted by atomic mass is 16.1. The van der Waals surface area contributed by atoms with Crippen molar-refractivity contribution < 1.29 is 4.79 Å². The number of nitrogens with zero attached hydrogens (tertiary/aromatic N) is 4. The molecule has 150 valence electrons. The fourth-order valence-corrected chi connectivity index (χ4v) is 2.97. The highest BCUT2D eigenvalue weighted by Gasteiger charge is 2.16. The Morgan fingerprint density at radius 2 is 1.69 bits per heavy atom. The summed E-state index contributed by atoms with van der Waals surface area (Å²) in [6, 6.07) is 19.9. The van der Waals surface area contributed by atoms with Crippen molar-refractivity contribution in [2.45, 2.75) is 26.4 Å². The van der Waals surface area contributed by atoms with Crippen molar-refractivity contribution in [1.82, 2.24) is 9.97 Å². The second kappa shape index (κ2) is 9.19. The van der Waals surface area contributed by atoms with Gasteiger partial charge in [0.25, 0.3) is 5.91 Å². The highest BCUT2D eigenvalue weighted by molar-refractivity contribution is 6.03. The first-order valence-electron chi connectivity index (χ1n) is 9.65. The topological polar surface area (TPSA) is 61.4 Å². The molecule has 2 aromatic carbocycles. The van der Waals surface area contributed by atoms with E-state index in [0.29, 0.717) is 12.2 Å². The Morgan fingerprint density at radius 3 is 2.31 bits per heavy atom. The molecule has 6 nitrogen and oxygen atoms in total. The molecule has 0 fully saturated rings. The van der Waals surface area contributed by atoms with Crippen LogP contribution in [0, 0.1) is 0 Å². The predicted octanol–water partition coefficient (Wildman–Crippen LogP) is 4.21. The minimum absolute atomic E-state index is 0.222. The third-order valence-corrected chi connectivity index (χ3v) is 4.64. The molecule has 6 heteroatoms. The minimum atomic E-state index is -0.255. The van der Waals surface area contributed by atoms with Crippen molar-refractivity contribution >= 4 is 23.1 Å². The Labute approximate surface area is 172 Å². The van der Waals surface area contributed by atoms with E-state index in [1.165, 1.54) is 11.9 Å². The van der Waals surface area contributed by atoms with E-state index in [4.69, 9.17) is 0 Å². The molecule has 0 bridgehead atoms. The number of nitrogens with one attached hydrogen (secondary N) is 1. The van der Waals surface area contributed by atoms with Crippen molar-refractivity contribution in [3.8, 4) is 0 Å². The monoisotopic (exact) mass is 389 g/mol. The van der Waals surface area contributed by atoms with Crippen LogP contribution in [0.3, 0.4) is 0 Å². The molecule has 0 radical (unpaired) electrons. The van der Waals surface area contributed by atoms with Crippen LogP contribution in [0.1, 0.15) is 29.9 Å². The fraction of sp³-hybridized carbons (Fsp3) is 0.261. The molecular weight excluding hydrogens is 362 g/mol. The van der Waals surface area contributed by atoms with Crippen molar-refractivity contribution in [2.24, 2.45) is 0 Å². The molecule has 0 unspecified atom stereocenters. The maximum absolute atomic E-state index is 12.7. The number of benzene rings is 2. The number of hydrogen-bond acceptors (Lipinski definition) is 5. The van der Waals surface area contributed by atoms with Crippen molar-refractivity contribution in [1.29, 1.82) is 0 Å². The predicted molar refractivity (Wildman–Crippen MR) is 119 cm³/mol. The number of amides is 1. The van der Waals surface area contributed by atoms with Gasteiger partial charge in [0.1, 0.15) is 17.8 Å². The standard InChI is InChI=1S/C23H27N5O/c1-17(2)28(15-18-8-6-5-7-9-18)22-14-21(24-16-25-22)23(29)26-19-10-12-20(13-11-19)27(3)4/h5-14,16-17H,15H2,1-4H3,(H,26,29). The molecule has 0 aliphatic carbocycles. The minimum Gasteiger partial charge on any atom is -0.378 e. The number of anilines is 3. The Balaban J connectivity index is 1.77. The van der Waals surface area contributed by atoms with E-state index < -0.39 is 0 Å². The summed E-state index contributed by atoms with van der Waals surface area (Å²) in [7, 11) is 3.96. The van der Waals surface area contributed by atoms with Gasteiger partial charge in [0.15, 0.2) is 0 Å². The Hall–Kier alpha value is -3.41. The quantitative estimate of drug-likeness (QED) is 0.656. The van der Waals surface area contributed by atoms with Crippen LogP contribution in [0.2, 0.25) is 0 Å². The molecular formula is C23H27N5O. The Bertz CT molecular complexity index is 939. The summed E-state index contributed by atoms with van der Waals surface area (Å²) in [5, 5.41) is 2.90. The largest absolute Gasteiger partial charge is 0.378 e. The van der Waals surface area contributed by atoms with E-state index >= 15 is 0 Å². The molecule has 3 aromatic rings. The lowest BCUT2D eigenvalue weighted by atomic mass is 10.2. The summed E-state index contributed by atoms with van der Waals surface area (Å²) in [5.74, 6) is 0.474. The molecule has 3 rings (SSSR count). The van der Waals surface area contributed by atoms with Gasteiger partial charge in [-0.25, -0.2) is 9.97 Å². The SMILES string of the molecule is CC(C)N(Cc1ccccc1)c1cc(C(=O)Nc2ccc(N(C)C)cc2)ncn1. The zero-order valence-corrected chi connectivity index (χ0v) is 17.3. The molecule has 0 aliphatic heterocycles. The summed E-state index contributed by atoms with van der Waals surface area (Å²) in [6.45, 7) is 4.93. The lowest BCUT2D eigenvalue weighted by Crippen LogP contribution is -2.31. The van der Waals surface area contributed by atoms with Gasteiger partial charge in [0.2, 0.25) is 0 Å². The molecule has 0 aliphatic rings. The van der Waals surface area contributed by atoms with Crippen LogP contribution in [0.25, 0.3) is 0 Å². The maximum atomic E-state index is 12.7. The lowest BCUT2D eigenvalue weighted by molar-refractivity contribution is 0.102. The molecule has 29 heavy (non-hydrogen) atoms. The van der Waals surface area contributed by atoms with Crippen LogP contribution in [0.5, 0.6) is 0 Å². The molecule has 0 saturated carbocycles. The number of aromatic nitrogens is 2. The molecule has 0 saturated heterocycles. The van der Waals surface area contributed by atoms with Gasteiger partial charge < -0.3 is 15.1 Å². The van der Waals surface area contributed by atoms with Gasteiger partial charge in [0.05, 0.1) is 0 Å². The Kier molecular flexibility index (Phi) is 6.44. The fourth-order valence-electron chi connectivity index (χ4n) is 2.97. The van der Waals surface area contributed by atoms with Gasteiger partial charge in [-0.1, -0.05) is 30.3 Å². The van der Waals surface area contributed by atoms with E-state index in [-0.39, 0.29) is 11.9 Å². The average Bonchev–Trinajstić information content (AvgIpc) is 2.73. The van der Waals surface area contributed by atoms with E-state index in [1.54, 1.807) is 6.07 Å². The summed E-state index contributed by atoms with van der Waals surface area (Å²) in [4.78, 5) is 25.4. The molecule has 0 spiro atoms. The van der Waals surface area contributed by atoms with E-state index in [0.717, 1.165) is 17.2 Å². The number of hydrogen-bond donors (Lipinski definition) is 1. The van der Waals surface area contributed by atoms with Crippen LogP contribution in [0.4, 0.5) is 17.2 Å². The lowest BCUT2D eigenvalue weighted by Gasteiger charge is -2.28. The van der Waals surface area contributed by atoms with Gasteiger partial charge in [0, 0.05) is 44.1 Å². The van der Waals surface area contributed by atoms with Gasteiger partial charge in [-0.2, -0.15) is 0 Å². The maximum Gasteiger partial charge on any atom is 0.274 e. The molecule has 1 N–H and O–H groups in total. The highest BCUT2D eigenvalue weighted by Crippen LogP contribution is 2.20. The first-order valence-corrected chi connectivity index (χ1v) is 9.65. The van der Waals surface area contributed by atoms with Crippen LogP contribution in [0.15, 0.2) is 67.0 Å². The first kappa shape index (κ1) is 20.3. The van der Waals surface area contributed by atoms with Crippen molar-refractivity contribution in [2.75, 3.05) is 29.2 Å². The van der Waals surface area contributed by atoms with Gasteiger partial charge >= 0.3 is 0 Å². The molecule has 1 amide bonds. The Morgan fingerprint density at radius 1 is 1.00 bits per heavy atom. The van der Waals surface area contributed by atoms with Gasteiger partial charge in [-0.15, -0.1) is 0 Å². The zero-order chi connectivity index (χ0) is 20.8. The van der Waals surface area contributed by atoms with E-state index in [9.17, 15) is 4.79 Å². The van der Waals surface area contributed by atoms with Crippen LogP contribution in [-0.2, 0) is 6.54 Å².